The number of nitrogens with one attached hydrogen (secondary N) is 2. The first-order valence-electron chi connectivity index (χ1n) is 9.29. The van der Waals surface area contributed by atoms with E-state index < -0.39 is 0 Å². The number of pyridine rings is 1. The maximum absolute atomic E-state index is 12.7. The molecule has 0 unspecified atom stereocenters. The molecule has 2 aromatic heterocycles. The molecule has 0 aliphatic heterocycles. The van der Waals surface area contributed by atoms with Gasteiger partial charge in [-0.3, -0.25) is 4.79 Å². The highest BCUT2D eigenvalue weighted by Crippen LogP contribution is 2.33. The minimum atomic E-state index is -0.347. The molecule has 0 saturated heterocycles. The molecule has 5 aromatic rings. The lowest BCUT2D eigenvalue weighted by atomic mass is 9.99. The summed E-state index contributed by atoms with van der Waals surface area (Å²) in [5.41, 5.74) is 4.34. The summed E-state index contributed by atoms with van der Waals surface area (Å²) in [4.78, 5) is 18.9. The van der Waals surface area contributed by atoms with Gasteiger partial charge >= 0.3 is 0 Å². The number of aromatic amines is 2. The van der Waals surface area contributed by atoms with Gasteiger partial charge in [-0.25, -0.2) is 0 Å². The zero-order valence-corrected chi connectivity index (χ0v) is 16.1. The SMILES string of the molecule is O=c1[nH]c2cc(Cl)ccc2c(O)c1-c1cccc(Cc2cc3ccccc3[nH]2)c1. The fourth-order valence-corrected chi connectivity index (χ4v) is 3.98. The Hall–Kier alpha value is -3.50. The number of H-pyrrole nitrogens is 2. The Bertz CT molecular complexity index is 1400. The number of fused-ring (bicyclic) bond motifs is 2. The van der Waals surface area contributed by atoms with Crippen molar-refractivity contribution in [3.63, 3.8) is 0 Å². The minimum absolute atomic E-state index is 0.0387. The van der Waals surface area contributed by atoms with Gasteiger partial charge in [0.2, 0.25) is 0 Å². The highest BCUT2D eigenvalue weighted by atomic mass is 35.5. The van der Waals surface area contributed by atoms with E-state index in [4.69, 9.17) is 11.6 Å². The van der Waals surface area contributed by atoms with Crippen LogP contribution in [0.1, 0.15) is 11.3 Å². The van der Waals surface area contributed by atoms with Crippen LogP contribution in [0.5, 0.6) is 5.75 Å². The first kappa shape index (κ1) is 17.6. The molecule has 29 heavy (non-hydrogen) atoms. The second-order valence-electron chi connectivity index (χ2n) is 7.13. The van der Waals surface area contributed by atoms with E-state index in [1.54, 1.807) is 18.2 Å². The van der Waals surface area contributed by atoms with Gasteiger partial charge in [0.05, 0.1) is 11.1 Å². The average Bonchev–Trinajstić information content (AvgIpc) is 3.10. The Morgan fingerprint density at radius 2 is 1.72 bits per heavy atom. The summed E-state index contributed by atoms with van der Waals surface area (Å²) < 4.78 is 0. The number of rotatable bonds is 3. The van der Waals surface area contributed by atoms with Crippen LogP contribution in [0.15, 0.2) is 77.6 Å². The number of aromatic nitrogens is 2. The third kappa shape index (κ3) is 3.18. The smallest absolute Gasteiger partial charge is 0.260 e. The predicted octanol–water partition coefficient (Wildman–Crippen LogP) is 5.63. The predicted molar refractivity (Wildman–Crippen MR) is 118 cm³/mol. The Morgan fingerprint density at radius 3 is 2.59 bits per heavy atom. The lowest BCUT2D eigenvalue weighted by Crippen LogP contribution is -2.09. The van der Waals surface area contributed by atoms with Crippen LogP contribution in [0.4, 0.5) is 0 Å². The Kier molecular flexibility index (Phi) is 4.14. The average molecular weight is 401 g/mol. The molecule has 0 bridgehead atoms. The van der Waals surface area contributed by atoms with Crippen LogP contribution in [0.3, 0.4) is 0 Å². The van der Waals surface area contributed by atoms with Crippen LogP contribution >= 0.6 is 11.6 Å². The summed E-state index contributed by atoms with van der Waals surface area (Å²) in [7, 11) is 0. The van der Waals surface area contributed by atoms with Crippen molar-refractivity contribution in [1.29, 1.82) is 0 Å². The molecule has 2 heterocycles. The van der Waals surface area contributed by atoms with Gasteiger partial charge in [-0.1, -0.05) is 54.1 Å². The van der Waals surface area contributed by atoms with E-state index in [9.17, 15) is 9.90 Å². The quantitative estimate of drug-likeness (QED) is 0.367. The normalized spacial score (nSPS) is 11.3. The number of para-hydroxylation sites is 1. The van der Waals surface area contributed by atoms with Crippen molar-refractivity contribution in [2.45, 2.75) is 6.42 Å². The lowest BCUT2D eigenvalue weighted by Gasteiger charge is -2.09. The largest absolute Gasteiger partial charge is 0.506 e. The molecule has 3 N–H and O–H groups in total. The number of benzene rings is 3. The van der Waals surface area contributed by atoms with Crippen LogP contribution in [-0.4, -0.2) is 15.1 Å². The van der Waals surface area contributed by atoms with Crippen molar-refractivity contribution >= 4 is 33.4 Å². The monoisotopic (exact) mass is 400 g/mol. The van der Waals surface area contributed by atoms with E-state index >= 15 is 0 Å². The van der Waals surface area contributed by atoms with E-state index in [1.165, 1.54) is 5.39 Å². The van der Waals surface area contributed by atoms with Gasteiger partial charge in [-0.2, -0.15) is 0 Å². The molecule has 0 atom stereocenters. The zero-order valence-electron chi connectivity index (χ0n) is 15.4. The molecule has 0 amide bonds. The van der Waals surface area contributed by atoms with Crippen LogP contribution < -0.4 is 5.56 Å². The Balaban J connectivity index is 1.57. The van der Waals surface area contributed by atoms with E-state index in [-0.39, 0.29) is 16.9 Å². The molecule has 142 valence electrons. The molecule has 5 heteroatoms. The fourth-order valence-electron chi connectivity index (χ4n) is 3.81. The maximum atomic E-state index is 12.7. The van der Waals surface area contributed by atoms with E-state index in [0.717, 1.165) is 16.8 Å². The number of aromatic hydroxyl groups is 1. The van der Waals surface area contributed by atoms with Gasteiger partial charge in [-0.05, 0) is 46.8 Å². The second kappa shape index (κ2) is 6.83. The molecule has 0 spiro atoms. The zero-order chi connectivity index (χ0) is 20.0. The molecule has 4 nitrogen and oxygen atoms in total. The van der Waals surface area contributed by atoms with Crippen molar-refractivity contribution in [3.05, 3.63) is 99.4 Å². The topological polar surface area (TPSA) is 68.9 Å². The fraction of sp³-hybridized carbons (Fsp3) is 0.0417. The summed E-state index contributed by atoms with van der Waals surface area (Å²) in [5.74, 6) is -0.0387. The van der Waals surface area contributed by atoms with Crippen molar-refractivity contribution in [3.8, 4) is 16.9 Å². The molecular formula is C24H17ClN2O2. The minimum Gasteiger partial charge on any atom is -0.506 e. The summed E-state index contributed by atoms with van der Waals surface area (Å²) in [6.07, 6.45) is 0.699. The molecule has 0 fully saturated rings. The van der Waals surface area contributed by atoms with Gasteiger partial charge in [0.1, 0.15) is 5.75 Å². The van der Waals surface area contributed by atoms with E-state index in [2.05, 4.69) is 22.1 Å². The molecule has 0 aliphatic rings. The number of hydrogen-bond donors (Lipinski definition) is 3. The van der Waals surface area contributed by atoms with Crippen molar-refractivity contribution in [2.24, 2.45) is 0 Å². The summed E-state index contributed by atoms with van der Waals surface area (Å²) in [5, 5.41) is 13.0. The molecule has 0 saturated carbocycles. The Morgan fingerprint density at radius 1 is 0.862 bits per heavy atom. The van der Waals surface area contributed by atoms with Crippen molar-refractivity contribution in [1.82, 2.24) is 9.97 Å². The summed E-state index contributed by atoms with van der Waals surface area (Å²) in [6, 6.07) is 23.0. The van der Waals surface area contributed by atoms with Crippen LogP contribution in [0, 0.1) is 0 Å². The first-order chi connectivity index (χ1) is 14.1. The molecule has 0 radical (unpaired) electrons. The summed E-state index contributed by atoms with van der Waals surface area (Å²) in [6.45, 7) is 0. The van der Waals surface area contributed by atoms with Crippen LogP contribution in [0.25, 0.3) is 32.9 Å². The van der Waals surface area contributed by atoms with Gasteiger partial charge in [0.25, 0.3) is 5.56 Å². The third-order valence-electron chi connectivity index (χ3n) is 5.14. The molecular weight excluding hydrogens is 384 g/mol. The lowest BCUT2D eigenvalue weighted by molar-refractivity contribution is 0.482. The first-order valence-corrected chi connectivity index (χ1v) is 9.67. The van der Waals surface area contributed by atoms with Crippen LogP contribution in [-0.2, 0) is 6.42 Å². The third-order valence-corrected chi connectivity index (χ3v) is 5.38. The molecule has 5 rings (SSSR count). The second-order valence-corrected chi connectivity index (χ2v) is 7.56. The Labute approximate surface area is 171 Å². The van der Waals surface area contributed by atoms with Crippen molar-refractivity contribution < 1.29 is 5.11 Å². The van der Waals surface area contributed by atoms with E-state index in [0.29, 0.717) is 27.9 Å². The maximum Gasteiger partial charge on any atom is 0.260 e. The molecule has 0 aliphatic carbocycles. The van der Waals surface area contributed by atoms with Crippen LogP contribution in [0.2, 0.25) is 5.02 Å². The van der Waals surface area contributed by atoms with E-state index in [1.807, 2.05) is 42.5 Å². The highest BCUT2D eigenvalue weighted by molar-refractivity contribution is 6.31. The van der Waals surface area contributed by atoms with Gasteiger partial charge in [0, 0.05) is 28.0 Å². The number of hydrogen-bond acceptors (Lipinski definition) is 2. The highest BCUT2D eigenvalue weighted by Gasteiger charge is 2.15. The van der Waals surface area contributed by atoms with Gasteiger partial charge in [-0.15, -0.1) is 0 Å². The standard InChI is InChI=1S/C24H17ClN2O2/c25-17-8-9-19-21(13-17)27-24(29)22(23(19)28)16-6-3-4-14(10-16)11-18-12-15-5-1-2-7-20(15)26-18/h1-10,12-13,26H,11H2,(H2,27,28,29). The summed E-state index contributed by atoms with van der Waals surface area (Å²) >= 11 is 6.00. The molecule has 3 aromatic carbocycles. The van der Waals surface area contributed by atoms with Gasteiger partial charge < -0.3 is 15.1 Å². The van der Waals surface area contributed by atoms with Gasteiger partial charge in [0.15, 0.2) is 0 Å². The van der Waals surface area contributed by atoms with Crippen molar-refractivity contribution in [2.75, 3.05) is 0 Å². The number of halogens is 1.